The minimum Gasteiger partial charge on any atom is -0.462 e. The Morgan fingerprint density at radius 1 is 1.23 bits per heavy atom. The summed E-state index contributed by atoms with van der Waals surface area (Å²) in [6, 6.07) is 5.23. The van der Waals surface area contributed by atoms with Crippen LogP contribution in [-0.2, 0) is 14.3 Å². The third-order valence-electron chi connectivity index (χ3n) is 4.05. The quantitative estimate of drug-likeness (QED) is 0.426. The van der Waals surface area contributed by atoms with Crippen LogP contribution in [0, 0.1) is 11.8 Å². The van der Waals surface area contributed by atoms with Gasteiger partial charge in [0.1, 0.15) is 11.2 Å². The first-order chi connectivity index (χ1) is 14.5. The summed E-state index contributed by atoms with van der Waals surface area (Å²) in [5, 5.41) is 5.04. The van der Waals surface area contributed by atoms with Gasteiger partial charge in [-0.1, -0.05) is 11.8 Å². The Hall–Kier alpha value is -3.31. The predicted molar refractivity (Wildman–Crippen MR) is 120 cm³/mol. The summed E-state index contributed by atoms with van der Waals surface area (Å²) in [5.41, 5.74) is 0.300. The van der Waals surface area contributed by atoms with Crippen LogP contribution in [-0.4, -0.2) is 56.0 Å². The molecule has 166 valence electrons. The molecule has 0 atom stereocenters. The van der Waals surface area contributed by atoms with Gasteiger partial charge in [0.05, 0.1) is 25.2 Å². The summed E-state index contributed by atoms with van der Waals surface area (Å²) in [6.45, 7) is 7.63. The molecule has 0 amide bonds. The van der Waals surface area contributed by atoms with E-state index in [-0.39, 0.29) is 31.2 Å². The predicted octanol–water partition coefficient (Wildman–Crippen LogP) is 1.66. The van der Waals surface area contributed by atoms with Crippen molar-refractivity contribution < 1.29 is 19.1 Å². The summed E-state index contributed by atoms with van der Waals surface area (Å²) in [7, 11) is 3.62. The Balaban J connectivity index is 2.25. The van der Waals surface area contributed by atoms with Crippen molar-refractivity contribution in [2.24, 2.45) is 0 Å². The van der Waals surface area contributed by atoms with E-state index in [0.29, 0.717) is 16.5 Å². The number of ether oxygens (including phenoxy) is 2. The summed E-state index contributed by atoms with van der Waals surface area (Å²) in [5.74, 6) is 4.87. The molecule has 2 aromatic rings. The molecule has 2 rings (SSSR count). The zero-order valence-electron chi connectivity index (χ0n) is 18.9. The van der Waals surface area contributed by atoms with E-state index in [1.807, 2.05) is 34.9 Å². The average molecular weight is 428 g/mol. The highest BCUT2D eigenvalue weighted by Crippen LogP contribution is 2.15. The number of hydrogen-bond donors (Lipinski definition) is 1. The lowest BCUT2D eigenvalue weighted by molar-refractivity contribution is -0.153. The lowest BCUT2D eigenvalue weighted by atomic mass is 10.1. The van der Waals surface area contributed by atoms with Crippen molar-refractivity contribution in [3.8, 4) is 11.8 Å². The molecule has 8 nitrogen and oxygen atoms in total. The van der Waals surface area contributed by atoms with E-state index in [4.69, 9.17) is 9.47 Å². The number of rotatable bonds is 6. The standard InChI is InChI=1S/C23H29N3O5/c1-7-30-22(29)18-15-26(25(5)6)19-11-10-16(13-17(19)21(18)28)9-8-12-24-14-20(27)31-23(2,3)4/h10-11,13,15,24H,7,12,14H2,1-6H3. The summed E-state index contributed by atoms with van der Waals surface area (Å²) < 4.78 is 11.9. The lowest BCUT2D eigenvalue weighted by Crippen LogP contribution is -2.31. The maximum atomic E-state index is 12.9. The molecule has 0 radical (unpaired) electrons. The van der Waals surface area contributed by atoms with Crippen molar-refractivity contribution in [2.75, 3.05) is 38.8 Å². The van der Waals surface area contributed by atoms with Gasteiger partial charge in [-0.15, -0.1) is 0 Å². The van der Waals surface area contributed by atoms with Crippen LogP contribution in [0.4, 0.5) is 0 Å². The first kappa shape index (κ1) is 24.0. The number of nitrogens with one attached hydrogen (secondary N) is 1. The number of aromatic nitrogens is 1. The Morgan fingerprint density at radius 2 is 1.94 bits per heavy atom. The molecule has 31 heavy (non-hydrogen) atoms. The molecular weight excluding hydrogens is 398 g/mol. The second kappa shape index (κ2) is 10.1. The van der Waals surface area contributed by atoms with Gasteiger partial charge in [0, 0.05) is 31.2 Å². The molecule has 1 aromatic heterocycles. The van der Waals surface area contributed by atoms with Crippen molar-refractivity contribution in [2.45, 2.75) is 33.3 Å². The summed E-state index contributed by atoms with van der Waals surface area (Å²) in [4.78, 5) is 36.8. The fourth-order valence-electron chi connectivity index (χ4n) is 2.83. The van der Waals surface area contributed by atoms with Gasteiger partial charge < -0.3 is 14.5 Å². The number of hydrogen-bond acceptors (Lipinski definition) is 7. The van der Waals surface area contributed by atoms with Crippen molar-refractivity contribution in [3.63, 3.8) is 0 Å². The minimum absolute atomic E-state index is 0.0350. The van der Waals surface area contributed by atoms with Crippen molar-refractivity contribution in [1.29, 1.82) is 0 Å². The first-order valence-electron chi connectivity index (χ1n) is 9.99. The van der Waals surface area contributed by atoms with Crippen molar-refractivity contribution in [3.05, 3.63) is 45.7 Å². The van der Waals surface area contributed by atoms with E-state index in [1.165, 1.54) is 6.20 Å². The Morgan fingerprint density at radius 3 is 2.55 bits per heavy atom. The van der Waals surface area contributed by atoms with Gasteiger partial charge in [0.25, 0.3) is 0 Å². The average Bonchev–Trinajstić information content (AvgIpc) is 2.66. The van der Waals surface area contributed by atoms with E-state index < -0.39 is 17.0 Å². The van der Waals surface area contributed by atoms with Gasteiger partial charge in [0.15, 0.2) is 0 Å². The van der Waals surface area contributed by atoms with Gasteiger partial charge in [-0.3, -0.25) is 19.6 Å². The molecule has 0 aliphatic heterocycles. The Kier molecular flexibility index (Phi) is 7.83. The van der Waals surface area contributed by atoms with Gasteiger partial charge in [-0.2, -0.15) is 0 Å². The van der Waals surface area contributed by atoms with Crippen LogP contribution in [0.5, 0.6) is 0 Å². The summed E-state index contributed by atoms with van der Waals surface area (Å²) in [6.07, 6.45) is 1.48. The minimum atomic E-state index is -0.659. The molecular formula is C23H29N3O5. The molecule has 0 saturated heterocycles. The van der Waals surface area contributed by atoms with Crippen LogP contribution < -0.4 is 15.8 Å². The number of carbonyl (C=O) groups is 2. The van der Waals surface area contributed by atoms with Crippen LogP contribution in [0.15, 0.2) is 29.2 Å². The molecule has 0 aliphatic rings. The van der Waals surface area contributed by atoms with Crippen LogP contribution in [0.1, 0.15) is 43.6 Å². The highest BCUT2D eigenvalue weighted by atomic mass is 16.6. The number of carbonyl (C=O) groups excluding carboxylic acids is 2. The van der Waals surface area contributed by atoms with Gasteiger partial charge in [-0.05, 0) is 45.9 Å². The first-order valence-corrected chi connectivity index (χ1v) is 9.99. The van der Waals surface area contributed by atoms with Crippen molar-refractivity contribution >= 4 is 22.8 Å². The number of esters is 2. The molecule has 0 fully saturated rings. The molecule has 0 spiro atoms. The Labute approximate surface area is 182 Å². The van der Waals surface area contributed by atoms with Gasteiger partial charge >= 0.3 is 11.9 Å². The smallest absolute Gasteiger partial charge is 0.343 e. The molecule has 0 aliphatic carbocycles. The molecule has 1 aromatic carbocycles. The SMILES string of the molecule is CCOC(=O)c1cn(N(C)C)c2ccc(C#CCNCC(=O)OC(C)(C)C)cc2c1=O. The van der Waals surface area contributed by atoms with E-state index >= 15 is 0 Å². The van der Waals surface area contributed by atoms with Crippen LogP contribution in [0.25, 0.3) is 10.9 Å². The number of fused-ring (bicyclic) bond motifs is 1. The van der Waals surface area contributed by atoms with E-state index in [1.54, 1.807) is 34.8 Å². The fourth-order valence-corrected chi connectivity index (χ4v) is 2.83. The van der Waals surface area contributed by atoms with Crippen LogP contribution in [0.3, 0.4) is 0 Å². The number of pyridine rings is 1. The normalized spacial score (nSPS) is 10.9. The maximum absolute atomic E-state index is 12.9. The second-order valence-corrected chi connectivity index (χ2v) is 8.01. The molecule has 1 heterocycles. The fraction of sp³-hybridized carbons (Fsp3) is 0.435. The molecule has 0 bridgehead atoms. The third-order valence-corrected chi connectivity index (χ3v) is 4.05. The highest BCUT2D eigenvalue weighted by Gasteiger charge is 2.18. The molecule has 0 saturated carbocycles. The van der Waals surface area contributed by atoms with Crippen LogP contribution in [0.2, 0.25) is 0 Å². The number of benzene rings is 1. The van der Waals surface area contributed by atoms with Crippen molar-refractivity contribution in [1.82, 2.24) is 9.99 Å². The zero-order valence-corrected chi connectivity index (χ0v) is 18.9. The van der Waals surface area contributed by atoms with Gasteiger partial charge in [0.2, 0.25) is 5.43 Å². The topological polar surface area (TPSA) is 89.9 Å². The lowest BCUT2D eigenvalue weighted by Gasteiger charge is -2.20. The molecule has 0 unspecified atom stereocenters. The van der Waals surface area contributed by atoms with E-state index in [9.17, 15) is 14.4 Å². The highest BCUT2D eigenvalue weighted by molar-refractivity contribution is 5.94. The zero-order chi connectivity index (χ0) is 23.2. The summed E-state index contributed by atoms with van der Waals surface area (Å²) >= 11 is 0. The largest absolute Gasteiger partial charge is 0.462 e. The molecule has 1 N–H and O–H groups in total. The second-order valence-electron chi connectivity index (χ2n) is 8.01. The van der Waals surface area contributed by atoms with E-state index in [0.717, 1.165) is 0 Å². The monoisotopic (exact) mass is 427 g/mol. The van der Waals surface area contributed by atoms with Crippen LogP contribution >= 0.6 is 0 Å². The maximum Gasteiger partial charge on any atom is 0.343 e. The van der Waals surface area contributed by atoms with Gasteiger partial charge in [-0.25, -0.2) is 4.79 Å². The molecule has 8 heteroatoms. The Bertz CT molecular complexity index is 1080. The number of nitrogens with zero attached hydrogens (tertiary/aromatic N) is 2. The third kappa shape index (κ3) is 6.59. The van der Waals surface area contributed by atoms with E-state index in [2.05, 4.69) is 17.2 Å².